The zero-order chi connectivity index (χ0) is 20.3. The first-order chi connectivity index (χ1) is 13.4. The number of nitrogen functional groups attached to an aromatic ring is 1. The van der Waals surface area contributed by atoms with Crippen molar-refractivity contribution in [2.75, 3.05) is 24.7 Å². The summed E-state index contributed by atoms with van der Waals surface area (Å²) in [5, 5.41) is 0. The number of hydrogen-bond donors (Lipinski definition) is 2. The number of hydrogen-bond acceptors (Lipinski definition) is 7. The van der Waals surface area contributed by atoms with Gasteiger partial charge in [-0.25, -0.2) is 4.79 Å². The Bertz CT molecular complexity index is 996. The van der Waals surface area contributed by atoms with Crippen LogP contribution in [0.4, 0.5) is 5.82 Å². The number of nitrogens with zero attached hydrogens (tertiary/aromatic N) is 1. The number of nitrogens with two attached hydrogens (primary N) is 1. The smallest absolute Gasteiger partial charge is 0.329 e. The van der Waals surface area contributed by atoms with Crippen LogP contribution in [0.5, 0.6) is 11.5 Å². The van der Waals surface area contributed by atoms with Crippen LogP contribution in [0.25, 0.3) is 0 Å². The molecule has 9 heteroatoms. The van der Waals surface area contributed by atoms with E-state index in [1.54, 1.807) is 6.07 Å². The van der Waals surface area contributed by atoms with Gasteiger partial charge in [-0.2, -0.15) is 0 Å². The van der Waals surface area contributed by atoms with E-state index >= 15 is 0 Å². The number of anilines is 1. The minimum absolute atomic E-state index is 0.00675. The first-order valence-corrected chi connectivity index (χ1v) is 10.0. The lowest BCUT2D eigenvalue weighted by molar-refractivity contribution is 0.102. The monoisotopic (exact) mass is 405 g/mol. The number of benzene rings is 1. The fourth-order valence-electron chi connectivity index (χ4n) is 2.86. The van der Waals surface area contributed by atoms with Crippen LogP contribution in [-0.4, -0.2) is 34.3 Å². The van der Waals surface area contributed by atoms with Gasteiger partial charge in [0, 0.05) is 17.9 Å². The molecule has 2 heterocycles. The summed E-state index contributed by atoms with van der Waals surface area (Å²) in [4.78, 5) is 39.8. The number of fused-ring (bicyclic) bond motifs is 1. The van der Waals surface area contributed by atoms with Crippen LogP contribution in [0.1, 0.15) is 30.6 Å². The van der Waals surface area contributed by atoms with Gasteiger partial charge < -0.3 is 15.2 Å². The molecule has 0 aliphatic carbocycles. The number of carbonyl (C=O) groups excluding carboxylic acids is 1. The molecule has 8 nitrogen and oxygen atoms in total. The van der Waals surface area contributed by atoms with Gasteiger partial charge in [-0.1, -0.05) is 13.8 Å². The zero-order valence-electron chi connectivity index (χ0n) is 15.8. The average molecular weight is 405 g/mol. The van der Waals surface area contributed by atoms with Crippen LogP contribution in [0.2, 0.25) is 0 Å². The lowest BCUT2D eigenvalue weighted by atomic mass is 10.2. The predicted molar refractivity (Wildman–Crippen MR) is 108 cm³/mol. The third kappa shape index (κ3) is 4.41. The molecule has 1 aliphatic rings. The Morgan fingerprint density at radius 2 is 1.96 bits per heavy atom. The summed E-state index contributed by atoms with van der Waals surface area (Å²) < 4.78 is 12.5. The molecule has 1 aromatic heterocycles. The van der Waals surface area contributed by atoms with Crippen LogP contribution in [0.15, 0.2) is 32.7 Å². The van der Waals surface area contributed by atoms with E-state index in [0.29, 0.717) is 31.3 Å². The minimum atomic E-state index is -0.758. The molecule has 2 aromatic rings. The molecular formula is C19H23N3O5S. The van der Waals surface area contributed by atoms with E-state index in [9.17, 15) is 14.4 Å². The van der Waals surface area contributed by atoms with Crippen LogP contribution in [-0.2, 0) is 6.54 Å². The van der Waals surface area contributed by atoms with Crippen LogP contribution in [0.3, 0.4) is 0 Å². The summed E-state index contributed by atoms with van der Waals surface area (Å²) >= 11 is 1.26. The molecule has 1 aromatic carbocycles. The van der Waals surface area contributed by atoms with Crippen LogP contribution >= 0.6 is 11.8 Å². The van der Waals surface area contributed by atoms with Crippen molar-refractivity contribution in [3.63, 3.8) is 0 Å². The Kier molecular flexibility index (Phi) is 6.13. The lowest BCUT2D eigenvalue weighted by Gasteiger charge is -2.14. The van der Waals surface area contributed by atoms with Crippen molar-refractivity contribution in [1.29, 1.82) is 0 Å². The third-order valence-corrected chi connectivity index (χ3v) is 5.15. The van der Waals surface area contributed by atoms with Gasteiger partial charge in [-0.15, -0.1) is 11.8 Å². The van der Waals surface area contributed by atoms with Crippen molar-refractivity contribution < 1.29 is 14.3 Å². The summed E-state index contributed by atoms with van der Waals surface area (Å²) in [6.45, 7) is 5.32. The quantitative estimate of drug-likeness (QED) is 0.557. The molecule has 0 amide bonds. The van der Waals surface area contributed by atoms with E-state index in [1.165, 1.54) is 16.3 Å². The predicted octanol–water partition coefficient (Wildman–Crippen LogP) is 1.91. The fourth-order valence-corrected chi connectivity index (χ4v) is 3.65. The standard InChI is InChI=1S/C19H23N3O5S/c1-11(2)9-22-17(20)16(18(24)21-19(22)25)13(23)10-28-12-4-5-14-15(8-12)27-7-3-6-26-14/h4-5,8,11H,3,6-7,9-10,20H2,1-2H3,(H,21,24,25). The van der Waals surface area contributed by atoms with Crippen molar-refractivity contribution in [3.8, 4) is 11.5 Å². The Hall–Kier alpha value is -2.68. The second kappa shape index (κ2) is 8.55. The van der Waals surface area contributed by atoms with Crippen molar-refractivity contribution in [2.24, 2.45) is 5.92 Å². The molecular weight excluding hydrogens is 382 g/mol. The molecule has 0 radical (unpaired) electrons. The Balaban J connectivity index is 1.79. The number of thioether (sulfide) groups is 1. The van der Waals surface area contributed by atoms with Gasteiger partial charge in [-0.3, -0.25) is 19.1 Å². The lowest BCUT2D eigenvalue weighted by Crippen LogP contribution is -2.37. The van der Waals surface area contributed by atoms with Gasteiger partial charge in [0.15, 0.2) is 17.3 Å². The van der Waals surface area contributed by atoms with Crippen LogP contribution < -0.4 is 26.5 Å². The Labute approximate surface area is 166 Å². The van der Waals surface area contributed by atoms with E-state index in [0.717, 1.165) is 11.3 Å². The SMILES string of the molecule is CC(C)Cn1c(N)c(C(=O)CSc2ccc3c(c2)OCCCO3)c(=O)[nH]c1=O. The minimum Gasteiger partial charge on any atom is -0.490 e. The van der Waals surface area contributed by atoms with Gasteiger partial charge in [-0.05, 0) is 24.1 Å². The largest absolute Gasteiger partial charge is 0.490 e. The summed E-state index contributed by atoms with van der Waals surface area (Å²) in [7, 11) is 0. The second-order valence-corrected chi connectivity index (χ2v) is 7.94. The van der Waals surface area contributed by atoms with E-state index in [1.807, 2.05) is 26.0 Å². The zero-order valence-corrected chi connectivity index (χ0v) is 16.6. The number of ether oxygens (including phenoxy) is 2. The molecule has 150 valence electrons. The molecule has 1 aliphatic heterocycles. The number of aromatic amines is 1. The van der Waals surface area contributed by atoms with Crippen molar-refractivity contribution in [1.82, 2.24) is 9.55 Å². The first-order valence-electron chi connectivity index (χ1n) is 9.05. The maximum atomic E-state index is 12.7. The Morgan fingerprint density at radius 3 is 2.68 bits per heavy atom. The number of rotatable bonds is 6. The molecule has 3 rings (SSSR count). The third-order valence-electron chi connectivity index (χ3n) is 4.16. The van der Waals surface area contributed by atoms with Crippen LogP contribution in [0, 0.1) is 5.92 Å². The van der Waals surface area contributed by atoms with E-state index in [-0.39, 0.29) is 23.1 Å². The number of aromatic nitrogens is 2. The molecule has 0 atom stereocenters. The maximum Gasteiger partial charge on any atom is 0.329 e. The van der Waals surface area contributed by atoms with Gasteiger partial charge in [0.1, 0.15) is 11.4 Å². The number of H-pyrrole nitrogens is 1. The summed E-state index contributed by atoms with van der Waals surface area (Å²) in [6, 6.07) is 5.45. The highest BCUT2D eigenvalue weighted by atomic mass is 32.2. The Morgan fingerprint density at radius 1 is 1.25 bits per heavy atom. The highest BCUT2D eigenvalue weighted by molar-refractivity contribution is 8.00. The molecule has 28 heavy (non-hydrogen) atoms. The van der Waals surface area contributed by atoms with Gasteiger partial charge in [0.25, 0.3) is 5.56 Å². The van der Waals surface area contributed by atoms with Crippen molar-refractivity contribution >= 4 is 23.4 Å². The second-order valence-electron chi connectivity index (χ2n) is 6.89. The summed E-state index contributed by atoms with van der Waals surface area (Å²) in [5.74, 6) is 0.921. The highest BCUT2D eigenvalue weighted by Gasteiger charge is 2.20. The first kappa shape index (κ1) is 20.1. The van der Waals surface area contributed by atoms with E-state index in [4.69, 9.17) is 15.2 Å². The van der Waals surface area contributed by atoms with Crippen molar-refractivity contribution in [2.45, 2.75) is 31.7 Å². The van der Waals surface area contributed by atoms with E-state index < -0.39 is 17.0 Å². The summed E-state index contributed by atoms with van der Waals surface area (Å²) in [6.07, 6.45) is 0.809. The maximum absolute atomic E-state index is 12.7. The average Bonchev–Trinajstić information content (AvgIpc) is 2.88. The molecule has 0 unspecified atom stereocenters. The number of nitrogens with one attached hydrogen (secondary N) is 1. The highest BCUT2D eigenvalue weighted by Crippen LogP contribution is 2.34. The molecule has 0 bridgehead atoms. The molecule has 0 fully saturated rings. The normalized spacial score (nSPS) is 13.4. The summed E-state index contributed by atoms with van der Waals surface area (Å²) in [5.41, 5.74) is 4.44. The molecule has 0 saturated heterocycles. The van der Waals surface area contributed by atoms with Crippen molar-refractivity contribution in [3.05, 3.63) is 44.6 Å². The number of ketones is 1. The van der Waals surface area contributed by atoms with Gasteiger partial charge >= 0.3 is 5.69 Å². The molecule has 0 spiro atoms. The fraction of sp³-hybridized carbons (Fsp3) is 0.421. The topological polar surface area (TPSA) is 116 Å². The number of Topliss-reactive ketones (excluding diaryl/α,β-unsaturated/α-hetero) is 1. The van der Waals surface area contributed by atoms with Gasteiger partial charge in [0.2, 0.25) is 0 Å². The molecule has 3 N–H and O–H groups in total. The molecule has 0 saturated carbocycles. The number of carbonyl (C=O) groups is 1. The van der Waals surface area contributed by atoms with E-state index in [2.05, 4.69) is 4.98 Å². The van der Waals surface area contributed by atoms with Gasteiger partial charge in [0.05, 0.1) is 19.0 Å².